The highest BCUT2D eigenvalue weighted by atomic mass is 16.6. The van der Waals surface area contributed by atoms with E-state index in [0.29, 0.717) is 19.3 Å². The molecule has 0 saturated heterocycles. The first kappa shape index (κ1) is 68.4. The number of allylic oxidation sites excluding steroid dienone is 8. The molecule has 6 nitrogen and oxygen atoms in total. The molecule has 0 fully saturated rings. The zero-order valence-corrected chi connectivity index (χ0v) is 47.5. The molecule has 0 aliphatic rings. The Morgan fingerprint density at radius 1 is 0.282 bits per heavy atom. The van der Waals surface area contributed by atoms with Gasteiger partial charge in [-0.15, -0.1) is 0 Å². The number of rotatable bonds is 57. The van der Waals surface area contributed by atoms with Gasteiger partial charge in [0.1, 0.15) is 13.2 Å². The molecule has 0 N–H and O–H groups in total. The summed E-state index contributed by atoms with van der Waals surface area (Å²) in [7, 11) is 0. The zero-order valence-electron chi connectivity index (χ0n) is 47.5. The molecule has 0 aromatic rings. The number of ether oxygens (including phenoxy) is 3. The van der Waals surface area contributed by atoms with E-state index in [9.17, 15) is 14.4 Å². The molecule has 0 heterocycles. The number of carbonyl (C=O) groups excluding carboxylic acids is 3. The van der Waals surface area contributed by atoms with Crippen molar-refractivity contribution in [3.8, 4) is 0 Å². The van der Waals surface area contributed by atoms with Crippen LogP contribution in [0.5, 0.6) is 0 Å². The van der Waals surface area contributed by atoms with Gasteiger partial charge in [0, 0.05) is 19.3 Å². The maximum absolute atomic E-state index is 12.9. The molecule has 0 bridgehead atoms. The first-order valence-electron chi connectivity index (χ1n) is 31.1. The lowest BCUT2D eigenvalue weighted by molar-refractivity contribution is -0.167. The second-order valence-electron chi connectivity index (χ2n) is 21.0. The standard InChI is InChI=1S/C65H118O6/c1-4-7-10-13-16-19-22-25-28-30-31-32-33-35-37-40-43-46-49-52-55-58-64(67)70-61-62(60-69-63(66)57-54-51-48-45-42-39-36-27-24-21-18-15-12-9-6-3)71-65(68)59-56-53-50-47-44-41-38-34-29-26-23-20-17-14-11-8-5-2/h17,20,25-26,28-29,38,41,62H,4-16,18-19,21-24,27,30-37,39-40,42-61H2,1-3H3/b20-17-,28-25-,29-26-,41-38-/t62-/m0/s1. The van der Waals surface area contributed by atoms with Crippen molar-refractivity contribution < 1.29 is 28.6 Å². The molecule has 0 aromatic heterocycles. The van der Waals surface area contributed by atoms with E-state index in [1.165, 1.54) is 205 Å². The number of unbranched alkanes of at least 4 members (excludes halogenated alkanes) is 38. The van der Waals surface area contributed by atoms with Gasteiger partial charge in [0.15, 0.2) is 6.10 Å². The predicted molar refractivity (Wildman–Crippen MR) is 307 cm³/mol. The van der Waals surface area contributed by atoms with Crippen molar-refractivity contribution in [3.05, 3.63) is 48.6 Å². The van der Waals surface area contributed by atoms with Crippen LogP contribution in [0.15, 0.2) is 48.6 Å². The SMILES string of the molecule is CCCCC/C=C\C/C=C\C/C=C\CCCCCCC(=O)O[C@H](COC(=O)CCCCCCCCCCCCC/C=C\CCCCCCCC)COC(=O)CCCCCCCCCCCCCCCCC. The summed E-state index contributed by atoms with van der Waals surface area (Å²) in [6, 6.07) is 0. The summed E-state index contributed by atoms with van der Waals surface area (Å²) in [5.41, 5.74) is 0. The molecule has 0 unspecified atom stereocenters. The molecule has 71 heavy (non-hydrogen) atoms. The molecule has 0 spiro atoms. The number of esters is 3. The summed E-state index contributed by atoms with van der Waals surface area (Å²) >= 11 is 0. The molecule has 0 saturated carbocycles. The van der Waals surface area contributed by atoms with Crippen LogP contribution >= 0.6 is 0 Å². The average molecular weight is 996 g/mol. The molecule has 0 aliphatic carbocycles. The fourth-order valence-corrected chi connectivity index (χ4v) is 9.09. The van der Waals surface area contributed by atoms with Gasteiger partial charge in [-0.3, -0.25) is 14.4 Å². The van der Waals surface area contributed by atoms with Gasteiger partial charge in [0.05, 0.1) is 0 Å². The largest absolute Gasteiger partial charge is 0.462 e. The Hall–Kier alpha value is -2.63. The summed E-state index contributed by atoms with van der Waals surface area (Å²) in [4.78, 5) is 38.3. The van der Waals surface area contributed by atoms with Gasteiger partial charge < -0.3 is 14.2 Å². The van der Waals surface area contributed by atoms with E-state index >= 15 is 0 Å². The van der Waals surface area contributed by atoms with Crippen LogP contribution < -0.4 is 0 Å². The Balaban J connectivity index is 4.35. The predicted octanol–water partition coefficient (Wildman–Crippen LogP) is 21.0. The lowest BCUT2D eigenvalue weighted by atomic mass is 10.0. The molecule has 414 valence electrons. The summed E-state index contributed by atoms with van der Waals surface area (Å²) in [6.45, 7) is 6.64. The Morgan fingerprint density at radius 3 is 0.831 bits per heavy atom. The Morgan fingerprint density at radius 2 is 0.507 bits per heavy atom. The van der Waals surface area contributed by atoms with Crippen LogP contribution in [0.3, 0.4) is 0 Å². The van der Waals surface area contributed by atoms with Crippen molar-refractivity contribution in [3.63, 3.8) is 0 Å². The van der Waals surface area contributed by atoms with Gasteiger partial charge in [0.25, 0.3) is 0 Å². The average Bonchev–Trinajstić information content (AvgIpc) is 3.37. The number of carbonyl (C=O) groups is 3. The Labute approximate surface area is 441 Å². The van der Waals surface area contributed by atoms with Crippen LogP contribution in [0, 0.1) is 0 Å². The Kier molecular flexibility index (Phi) is 57.7. The summed E-state index contributed by atoms with van der Waals surface area (Å²) in [5, 5.41) is 0. The van der Waals surface area contributed by atoms with Gasteiger partial charge >= 0.3 is 17.9 Å². The minimum Gasteiger partial charge on any atom is -0.462 e. The van der Waals surface area contributed by atoms with Crippen LogP contribution in [-0.2, 0) is 28.6 Å². The maximum Gasteiger partial charge on any atom is 0.306 e. The van der Waals surface area contributed by atoms with Crippen molar-refractivity contribution in [2.45, 2.75) is 335 Å². The summed E-state index contributed by atoms with van der Waals surface area (Å²) in [5.74, 6) is -0.882. The van der Waals surface area contributed by atoms with Crippen molar-refractivity contribution >= 4 is 17.9 Å². The highest BCUT2D eigenvalue weighted by Gasteiger charge is 2.19. The third-order valence-corrected chi connectivity index (χ3v) is 13.8. The molecule has 1 atom stereocenters. The van der Waals surface area contributed by atoms with E-state index in [4.69, 9.17) is 14.2 Å². The van der Waals surface area contributed by atoms with Gasteiger partial charge in [0.2, 0.25) is 0 Å². The van der Waals surface area contributed by atoms with Crippen molar-refractivity contribution in [2.24, 2.45) is 0 Å². The van der Waals surface area contributed by atoms with Crippen molar-refractivity contribution in [1.82, 2.24) is 0 Å². The third kappa shape index (κ3) is 58.1. The molecule has 0 rings (SSSR count). The highest BCUT2D eigenvalue weighted by Crippen LogP contribution is 2.17. The lowest BCUT2D eigenvalue weighted by Crippen LogP contribution is -2.30. The van der Waals surface area contributed by atoms with E-state index in [0.717, 1.165) is 83.5 Å². The summed E-state index contributed by atoms with van der Waals surface area (Å²) < 4.78 is 16.9. The van der Waals surface area contributed by atoms with Crippen LogP contribution in [0.1, 0.15) is 329 Å². The minimum absolute atomic E-state index is 0.0788. The molecular weight excluding hydrogens is 877 g/mol. The quantitative estimate of drug-likeness (QED) is 0.0261. The second kappa shape index (κ2) is 59.9. The molecule has 0 amide bonds. The monoisotopic (exact) mass is 995 g/mol. The molecule has 0 aromatic carbocycles. The van der Waals surface area contributed by atoms with Crippen LogP contribution in [-0.4, -0.2) is 37.2 Å². The minimum atomic E-state index is -0.783. The first-order valence-corrected chi connectivity index (χ1v) is 31.1. The van der Waals surface area contributed by atoms with Gasteiger partial charge in [-0.05, 0) is 83.5 Å². The third-order valence-electron chi connectivity index (χ3n) is 13.8. The van der Waals surface area contributed by atoms with E-state index in [2.05, 4.69) is 69.4 Å². The summed E-state index contributed by atoms with van der Waals surface area (Å²) in [6.07, 6.45) is 73.9. The number of hydrogen-bond donors (Lipinski definition) is 0. The lowest BCUT2D eigenvalue weighted by Gasteiger charge is -2.18. The normalized spacial score (nSPS) is 12.3. The molecule has 6 heteroatoms. The van der Waals surface area contributed by atoms with Crippen LogP contribution in [0.25, 0.3) is 0 Å². The molecular formula is C65H118O6. The smallest absolute Gasteiger partial charge is 0.306 e. The van der Waals surface area contributed by atoms with Crippen molar-refractivity contribution in [2.75, 3.05) is 13.2 Å². The van der Waals surface area contributed by atoms with E-state index < -0.39 is 6.10 Å². The van der Waals surface area contributed by atoms with Gasteiger partial charge in [-0.2, -0.15) is 0 Å². The van der Waals surface area contributed by atoms with Gasteiger partial charge in [-0.25, -0.2) is 0 Å². The molecule has 0 aliphatic heterocycles. The second-order valence-corrected chi connectivity index (χ2v) is 21.0. The zero-order chi connectivity index (χ0) is 51.4. The van der Waals surface area contributed by atoms with Crippen LogP contribution in [0.4, 0.5) is 0 Å². The van der Waals surface area contributed by atoms with Crippen molar-refractivity contribution in [1.29, 1.82) is 0 Å². The van der Waals surface area contributed by atoms with E-state index in [1.54, 1.807) is 0 Å². The van der Waals surface area contributed by atoms with E-state index in [1.807, 2.05) is 0 Å². The van der Waals surface area contributed by atoms with Gasteiger partial charge in [-0.1, -0.05) is 275 Å². The first-order chi connectivity index (χ1) is 35.0. The fourth-order valence-electron chi connectivity index (χ4n) is 9.09. The van der Waals surface area contributed by atoms with E-state index in [-0.39, 0.29) is 31.1 Å². The maximum atomic E-state index is 12.9. The topological polar surface area (TPSA) is 78.9 Å². The Bertz CT molecular complexity index is 1230. The fraction of sp³-hybridized carbons (Fsp3) is 0.831. The van der Waals surface area contributed by atoms with Crippen LogP contribution in [0.2, 0.25) is 0 Å². The molecule has 0 radical (unpaired) electrons. The highest BCUT2D eigenvalue weighted by molar-refractivity contribution is 5.71. The number of hydrogen-bond acceptors (Lipinski definition) is 6.